The first-order chi connectivity index (χ1) is 8.17. The van der Waals surface area contributed by atoms with Gasteiger partial charge in [-0.05, 0) is 26.8 Å². The monoisotopic (exact) mass is 233 g/mol. The molecule has 1 amide bonds. The first-order valence-corrected chi connectivity index (χ1v) is 5.65. The average Bonchev–Trinajstić information content (AvgIpc) is 2.76. The Labute approximate surface area is 99.3 Å². The van der Waals surface area contributed by atoms with Crippen molar-refractivity contribution < 1.29 is 4.79 Å². The second kappa shape index (κ2) is 4.48. The number of hydrogen-bond acceptors (Lipinski definition) is 4. The Bertz CT molecular complexity index is 544. The van der Waals surface area contributed by atoms with Gasteiger partial charge in [0.1, 0.15) is 0 Å². The predicted octanol–water partition coefficient (Wildman–Crippen LogP) is 0.915. The van der Waals surface area contributed by atoms with Crippen LogP contribution in [0.1, 0.15) is 30.2 Å². The van der Waals surface area contributed by atoms with E-state index in [1.807, 2.05) is 26.8 Å². The van der Waals surface area contributed by atoms with Crippen molar-refractivity contribution in [2.45, 2.75) is 20.8 Å². The summed E-state index contributed by atoms with van der Waals surface area (Å²) in [5, 5.41) is 4.18. The van der Waals surface area contributed by atoms with Crippen LogP contribution in [-0.2, 0) is 0 Å². The third-order valence-electron chi connectivity index (χ3n) is 2.67. The van der Waals surface area contributed by atoms with Crippen LogP contribution in [0.3, 0.4) is 0 Å². The number of carbonyl (C=O) groups excluding carboxylic acids is 1. The van der Waals surface area contributed by atoms with E-state index >= 15 is 0 Å². The Kier molecular flexibility index (Phi) is 3.03. The molecule has 0 aromatic carbocycles. The fourth-order valence-electron chi connectivity index (χ4n) is 1.65. The molecule has 0 unspecified atom stereocenters. The molecule has 2 aromatic heterocycles. The van der Waals surface area contributed by atoms with Crippen LogP contribution in [0, 0.1) is 6.92 Å². The number of aryl methyl sites for hydroxylation is 1. The Hall–Kier alpha value is -1.98. The molecule has 0 spiro atoms. The molecule has 0 atom stereocenters. The number of aromatic nitrogens is 4. The lowest BCUT2D eigenvalue weighted by Crippen LogP contribution is -2.31. The van der Waals surface area contributed by atoms with Crippen molar-refractivity contribution in [1.82, 2.24) is 24.5 Å². The second-order valence-corrected chi connectivity index (χ2v) is 3.71. The number of hydrogen-bond donors (Lipinski definition) is 0. The minimum absolute atomic E-state index is 0.153. The first kappa shape index (κ1) is 11.5. The zero-order chi connectivity index (χ0) is 12.4. The maximum Gasteiger partial charge on any atom is 0.293 e. The van der Waals surface area contributed by atoms with E-state index in [-0.39, 0.29) is 11.7 Å². The third-order valence-corrected chi connectivity index (χ3v) is 2.67. The largest absolute Gasteiger partial charge is 0.336 e. The van der Waals surface area contributed by atoms with Crippen LogP contribution >= 0.6 is 0 Å². The molecule has 2 heterocycles. The standard InChI is InChI=1S/C11H15N5O/c1-4-15(5-2)10(17)9-13-11-12-7-6-8(3)16(11)14-9/h6-7H,4-5H2,1-3H3. The van der Waals surface area contributed by atoms with Gasteiger partial charge in [0.2, 0.25) is 5.82 Å². The van der Waals surface area contributed by atoms with Gasteiger partial charge in [-0.1, -0.05) is 0 Å². The van der Waals surface area contributed by atoms with E-state index in [9.17, 15) is 4.79 Å². The maximum atomic E-state index is 12.0. The highest BCUT2D eigenvalue weighted by Crippen LogP contribution is 2.04. The summed E-state index contributed by atoms with van der Waals surface area (Å²) in [6.45, 7) is 7.06. The first-order valence-electron chi connectivity index (χ1n) is 5.65. The van der Waals surface area contributed by atoms with Crippen molar-refractivity contribution >= 4 is 11.7 Å². The topological polar surface area (TPSA) is 63.4 Å². The Morgan fingerprint density at radius 2 is 2.12 bits per heavy atom. The van der Waals surface area contributed by atoms with Crippen LogP contribution in [0.4, 0.5) is 0 Å². The number of amides is 1. The highest BCUT2D eigenvalue weighted by atomic mass is 16.2. The smallest absolute Gasteiger partial charge is 0.293 e. The van der Waals surface area contributed by atoms with Gasteiger partial charge in [-0.3, -0.25) is 4.79 Å². The van der Waals surface area contributed by atoms with Crippen molar-refractivity contribution in [3.8, 4) is 0 Å². The molecule has 0 fully saturated rings. The molecule has 0 aliphatic heterocycles. The van der Waals surface area contributed by atoms with E-state index in [2.05, 4.69) is 15.1 Å². The minimum Gasteiger partial charge on any atom is -0.336 e. The highest BCUT2D eigenvalue weighted by Gasteiger charge is 2.18. The highest BCUT2D eigenvalue weighted by molar-refractivity contribution is 5.90. The van der Waals surface area contributed by atoms with E-state index < -0.39 is 0 Å². The summed E-state index contributed by atoms with van der Waals surface area (Å²) in [7, 11) is 0. The van der Waals surface area contributed by atoms with Gasteiger partial charge in [0.25, 0.3) is 11.7 Å². The molecular formula is C11H15N5O. The predicted molar refractivity (Wildman–Crippen MR) is 62.8 cm³/mol. The number of rotatable bonds is 3. The SMILES string of the molecule is CCN(CC)C(=O)c1nc2nccc(C)n2n1. The van der Waals surface area contributed by atoms with Crippen molar-refractivity contribution in [1.29, 1.82) is 0 Å². The van der Waals surface area contributed by atoms with Gasteiger partial charge in [0.05, 0.1) is 0 Å². The van der Waals surface area contributed by atoms with Gasteiger partial charge in [-0.2, -0.15) is 4.98 Å². The average molecular weight is 233 g/mol. The minimum atomic E-state index is -0.153. The van der Waals surface area contributed by atoms with Gasteiger partial charge < -0.3 is 4.90 Å². The molecule has 2 aromatic rings. The van der Waals surface area contributed by atoms with E-state index in [0.29, 0.717) is 18.9 Å². The fraction of sp³-hybridized carbons (Fsp3) is 0.455. The summed E-state index contributed by atoms with van der Waals surface area (Å²) in [6.07, 6.45) is 1.66. The van der Waals surface area contributed by atoms with Gasteiger partial charge in [0.15, 0.2) is 0 Å². The van der Waals surface area contributed by atoms with Crippen LogP contribution in [0.5, 0.6) is 0 Å². The van der Waals surface area contributed by atoms with Gasteiger partial charge in [0, 0.05) is 25.0 Å². The zero-order valence-electron chi connectivity index (χ0n) is 10.2. The van der Waals surface area contributed by atoms with Crippen molar-refractivity contribution in [2.75, 3.05) is 13.1 Å². The fourth-order valence-corrected chi connectivity index (χ4v) is 1.65. The van der Waals surface area contributed by atoms with Crippen molar-refractivity contribution in [3.05, 3.63) is 23.8 Å². The van der Waals surface area contributed by atoms with Crippen molar-refractivity contribution in [2.24, 2.45) is 0 Å². The molecule has 90 valence electrons. The Balaban J connectivity index is 2.43. The van der Waals surface area contributed by atoms with Gasteiger partial charge >= 0.3 is 0 Å². The molecule has 0 radical (unpaired) electrons. The van der Waals surface area contributed by atoms with Gasteiger partial charge in [-0.15, -0.1) is 5.10 Å². The molecule has 17 heavy (non-hydrogen) atoms. The molecule has 0 aliphatic rings. The van der Waals surface area contributed by atoms with E-state index in [1.165, 1.54) is 0 Å². The summed E-state index contributed by atoms with van der Waals surface area (Å²) < 4.78 is 1.58. The van der Waals surface area contributed by atoms with E-state index in [0.717, 1.165) is 5.69 Å². The van der Waals surface area contributed by atoms with E-state index in [4.69, 9.17) is 0 Å². The lowest BCUT2D eigenvalue weighted by atomic mass is 10.4. The van der Waals surface area contributed by atoms with Crippen LogP contribution in [0.15, 0.2) is 12.3 Å². The normalized spacial score (nSPS) is 10.8. The van der Waals surface area contributed by atoms with Crippen LogP contribution in [0.2, 0.25) is 0 Å². The van der Waals surface area contributed by atoms with E-state index in [1.54, 1.807) is 15.6 Å². The molecule has 6 heteroatoms. The lowest BCUT2D eigenvalue weighted by molar-refractivity contribution is 0.0761. The zero-order valence-corrected chi connectivity index (χ0v) is 10.2. The van der Waals surface area contributed by atoms with Gasteiger partial charge in [-0.25, -0.2) is 9.50 Å². The maximum absolute atomic E-state index is 12.0. The summed E-state index contributed by atoms with van der Waals surface area (Å²) in [6, 6.07) is 1.83. The molecule has 2 rings (SSSR count). The van der Waals surface area contributed by atoms with Crippen molar-refractivity contribution in [3.63, 3.8) is 0 Å². The Morgan fingerprint density at radius 3 is 2.71 bits per heavy atom. The molecular weight excluding hydrogens is 218 g/mol. The number of fused-ring (bicyclic) bond motifs is 1. The molecule has 0 saturated heterocycles. The second-order valence-electron chi connectivity index (χ2n) is 3.71. The number of nitrogens with zero attached hydrogens (tertiary/aromatic N) is 5. The number of carbonyl (C=O) groups is 1. The molecule has 6 nitrogen and oxygen atoms in total. The Morgan fingerprint density at radius 1 is 1.41 bits per heavy atom. The van der Waals surface area contributed by atoms with Crippen LogP contribution < -0.4 is 0 Å². The van der Waals surface area contributed by atoms with Crippen LogP contribution in [0.25, 0.3) is 5.78 Å². The molecule has 0 aliphatic carbocycles. The third kappa shape index (κ3) is 1.98. The van der Waals surface area contributed by atoms with Crippen LogP contribution in [-0.4, -0.2) is 43.5 Å². The molecule has 0 saturated carbocycles. The summed E-state index contributed by atoms with van der Waals surface area (Å²) in [4.78, 5) is 21.9. The summed E-state index contributed by atoms with van der Waals surface area (Å²) in [5.74, 6) is 0.510. The summed E-state index contributed by atoms with van der Waals surface area (Å²) in [5.41, 5.74) is 0.904. The molecule has 0 N–H and O–H groups in total. The lowest BCUT2D eigenvalue weighted by Gasteiger charge is -2.15. The quantitative estimate of drug-likeness (QED) is 0.790. The summed E-state index contributed by atoms with van der Waals surface area (Å²) >= 11 is 0. The molecule has 0 bridgehead atoms.